The molecule has 0 aromatic heterocycles. The highest BCUT2D eigenvalue weighted by molar-refractivity contribution is 5.79. The first kappa shape index (κ1) is 15.9. The van der Waals surface area contributed by atoms with Crippen molar-refractivity contribution < 1.29 is 4.79 Å². The molecule has 3 heteroatoms. The third kappa shape index (κ3) is 2.14. The molecule has 4 rings (SSSR count). The van der Waals surface area contributed by atoms with Gasteiger partial charge in [0.25, 0.3) is 0 Å². The Bertz CT molecular complexity index is 492. The molecular weight excluding hydrogens is 284 g/mol. The third-order valence-corrected chi connectivity index (χ3v) is 9.04. The lowest BCUT2D eigenvalue weighted by Crippen LogP contribution is -2.54. The second-order valence-electron chi connectivity index (χ2n) is 9.59. The summed E-state index contributed by atoms with van der Waals surface area (Å²) < 4.78 is 0. The summed E-state index contributed by atoms with van der Waals surface area (Å²) in [7, 11) is 0. The van der Waals surface area contributed by atoms with Crippen molar-refractivity contribution in [1.29, 1.82) is 0 Å². The van der Waals surface area contributed by atoms with Crippen molar-refractivity contribution in [2.24, 2.45) is 46.3 Å². The molecule has 1 amide bonds. The van der Waals surface area contributed by atoms with Gasteiger partial charge in [0.05, 0.1) is 0 Å². The van der Waals surface area contributed by atoms with Crippen LogP contribution in [-0.4, -0.2) is 5.91 Å². The smallest absolute Gasteiger partial charge is 0.237 e. The van der Waals surface area contributed by atoms with Gasteiger partial charge in [-0.05, 0) is 85.9 Å². The molecule has 0 aromatic rings. The number of carbonyl (C=O) groups excluding carboxylic acids is 1. The molecule has 0 heterocycles. The molecule has 130 valence electrons. The topological polar surface area (TPSA) is 55.1 Å². The molecule has 0 bridgehead atoms. The molecule has 0 aromatic carbocycles. The van der Waals surface area contributed by atoms with Gasteiger partial charge in [-0.3, -0.25) is 10.2 Å². The van der Waals surface area contributed by atoms with Crippen molar-refractivity contribution in [3.05, 3.63) is 0 Å². The van der Waals surface area contributed by atoms with Gasteiger partial charge < -0.3 is 0 Å². The van der Waals surface area contributed by atoms with Gasteiger partial charge in [0.1, 0.15) is 0 Å². The molecule has 4 aliphatic rings. The number of nitrogens with one attached hydrogen (secondary N) is 1. The summed E-state index contributed by atoms with van der Waals surface area (Å²) in [5, 5.41) is 0. The monoisotopic (exact) mass is 318 g/mol. The Hall–Kier alpha value is -0.570. The van der Waals surface area contributed by atoms with Gasteiger partial charge in [-0.15, -0.1) is 0 Å². The lowest BCUT2D eigenvalue weighted by Gasteiger charge is -2.60. The molecule has 0 aliphatic heterocycles. The van der Waals surface area contributed by atoms with Gasteiger partial charge in [0.2, 0.25) is 5.91 Å². The summed E-state index contributed by atoms with van der Waals surface area (Å²) in [5.41, 5.74) is 3.24. The molecule has 0 spiro atoms. The summed E-state index contributed by atoms with van der Waals surface area (Å²) >= 11 is 0. The number of amides is 1. The second kappa shape index (κ2) is 5.47. The van der Waals surface area contributed by atoms with Crippen LogP contribution >= 0.6 is 0 Å². The SMILES string of the molecule is C[C@]12CCCC[C@@H]1CC[C@H]1[C@H]2CC[C@@]2(C)[C@@H]1CC[C@H]2C(=O)NN. The fraction of sp³-hybridized carbons (Fsp3) is 0.950. The molecule has 23 heavy (non-hydrogen) atoms. The van der Waals surface area contributed by atoms with E-state index < -0.39 is 0 Å². The highest BCUT2D eigenvalue weighted by Gasteiger charge is 2.60. The van der Waals surface area contributed by atoms with E-state index in [0.29, 0.717) is 5.41 Å². The number of nitrogens with two attached hydrogens (primary N) is 1. The van der Waals surface area contributed by atoms with E-state index >= 15 is 0 Å². The van der Waals surface area contributed by atoms with Gasteiger partial charge >= 0.3 is 0 Å². The first-order valence-electron chi connectivity index (χ1n) is 10.0. The number of rotatable bonds is 1. The molecule has 0 radical (unpaired) electrons. The maximum absolute atomic E-state index is 12.3. The minimum atomic E-state index is 0.0889. The lowest BCUT2D eigenvalue weighted by molar-refractivity contribution is -0.137. The van der Waals surface area contributed by atoms with E-state index in [9.17, 15) is 4.79 Å². The minimum absolute atomic E-state index is 0.0889. The Morgan fingerprint density at radius 3 is 2.48 bits per heavy atom. The van der Waals surface area contributed by atoms with Crippen LogP contribution in [0.4, 0.5) is 0 Å². The van der Waals surface area contributed by atoms with Crippen molar-refractivity contribution in [3.63, 3.8) is 0 Å². The van der Waals surface area contributed by atoms with Gasteiger partial charge in [0, 0.05) is 5.92 Å². The zero-order valence-electron chi connectivity index (χ0n) is 14.9. The van der Waals surface area contributed by atoms with E-state index in [1.54, 1.807) is 0 Å². The molecule has 3 nitrogen and oxygen atoms in total. The molecule has 4 aliphatic carbocycles. The van der Waals surface area contributed by atoms with Crippen molar-refractivity contribution in [1.82, 2.24) is 5.43 Å². The van der Waals surface area contributed by atoms with Crippen molar-refractivity contribution >= 4 is 5.91 Å². The van der Waals surface area contributed by atoms with Crippen molar-refractivity contribution in [2.75, 3.05) is 0 Å². The summed E-state index contributed by atoms with van der Waals surface area (Å²) in [6.07, 6.45) is 13.6. The van der Waals surface area contributed by atoms with Crippen LogP contribution < -0.4 is 11.3 Å². The maximum atomic E-state index is 12.3. The number of hydrogen-bond donors (Lipinski definition) is 2. The number of hydrazine groups is 1. The zero-order valence-corrected chi connectivity index (χ0v) is 14.9. The van der Waals surface area contributed by atoms with Crippen LogP contribution in [0.1, 0.15) is 78.1 Å². The molecule has 4 saturated carbocycles. The fourth-order valence-electron chi connectivity index (χ4n) is 7.83. The standard InChI is InChI=1S/C20H34N2O/c1-19-11-4-3-5-13(19)6-7-14-15-8-9-17(18(23)22-21)20(15,2)12-10-16(14)19/h13-17H,3-12,21H2,1-2H3,(H,22,23)/t13-,14-,15-,16-,17+,19+,20+/m1/s1. The Balaban J connectivity index is 1.61. The first-order chi connectivity index (χ1) is 11.0. The summed E-state index contributed by atoms with van der Waals surface area (Å²) in [6, 6.07) is 0. The largest absolute Gasteiger partial charge is 0.294 e. The van der Waals surface area contributed by atoms with Gasteiger partial charge in [-0.2, -0.15) is 0 Å². The van der Waals surface area contributed by atoms with Crippen molar-refractivity contribution in [2.45, 2.75) is 78.1 Å². The normalized spacial score (nSPS) is 52.2. The molecule has 7 atom stereocenters. The minimum Gasteiger partial charge on any atom is -0.294 e. The summed E-state index contributed by atoms with van der Waals surface area (Å²) in [5.74, 6) is 9.22. The van der Waals surface area contributed by atoms with Crippen LogP contribution in [0, 0.1) is 40.4 Å². The van der Waals surface area contributed by atoms with Crippen LogP contribution in [0.25, 0.3) is 0 Å². The molecule has 0 unspecified atom stereocenters. The summed E-state index contributed by atoms with van der Waals surface area (Å²) in [6.45, 7) is 5.02. The molecular formula is C20H34N2O. The fourth-order valence-corrected chi connectivity index (χ4v) is 7.83. The van der Waals surface area contributed by atoms with Crippen LogP contribution in [0.3, 0.4) is 0 Å². The average Bonchev–Trinajstić information content (AvgIpc) is 2.91. The number of carbonyl (C=O) groups is 1. The molecule has 0 saturated heterocycles. The van der Waals surface area contributed by atoms with E-state index in [1.165, 1.54) is 57.8 Å². The van der Waals surface area contributed by atoms with Crippen LogP contribution in [-0.2, 0) is 4.79 Å². The van der Waals surface area contributed by atoms with E-state index in [1.807, 2.05) is 0 Å². The average molecular weight is 319 g/mol. The number of hydrogen-bond acceptors (Lipinski definition) is 2. The van der Waals surface area contributed by atoms with E-state index in [0.717, 1.165) is 30.1 Å². The zero-order chi connectivity index (χ0) is 16.2. The molecule has 4 fully saturated rings. The Morgan fingerprint density at radius 2 is 1.70 bits per heavy atom. The van der Waals surface area contributed by atoms with Crippen LogP contribution in [0.15, 0.2) is 0 Å². The molecule has 3 N–H and O–H groups in total. The lowest BCUT2D eigenvalue weighted by atomic mass is 9.45. The van der Waals surface area contributed by atoms with E-state index in [4.69, 9.17) is 5.84 Å². The second-order valence-corrected chi connectivity index (χ2v) is 9.59. The predicted molar refractivity (Wildman–Crippen MR) is 92.2 cm³/mol. The summed E-state index contributed by atoms with van der Waals surface area (Å²) in [4.78, 5) is 12.3. The number of fused-ring (bicyclic) bond motifs is 5. The van der Waals surface area contributed by atoms with Crippen LogP contribution in [0.2, 0.25) is 0 Å². The first-order valence-corrected chi connectivity index (χ1v) is 10.0. The third-order valence-electron chi connectivity index (χ3n) is 9.04. The predicted octanol–water partition coefficient (Wildman–Crippen LogP) is 4.03. The maximum Gasteiger partial charge on any atom is 0.237 e. The van der Waals surface area contributed by atoms with Crippen LogP contribution in [0.5, 0.6) is 0 Å². The highest BCUT2D eigenvalue weighted by Crippen LogP contribution is 2.67. The highest BCUT2D eigenvalue weighted by atomic mass is 16.2. The Labute approximate surface area is 141 Å². The van der Waals surface area contributed by atoms with E-state index in [2.05, 4.69) is 19.3 Å². The quantitative estimate of drug-likeness (QED) is 0.436. The van der Waals surface area contributed by atoms with Gasteiger partial charge in [0.15, 0.2) is 0 Å². The van der Waals surface area contributed by atoms with Gasteiger partial charge in [-0.1, -0.05) is 26.7 Å². The Morgan fingerprint density at radius 1 is 0.913 bits per heavy atom. The van der Waals surface area contributed by atoms with E-state index in [-0.39, 0.29) is 17.2 Å². The van der Waals surface area contributed by atoms with Crippen molar-refractivity contribution in [3.8, 4) is 0 Å². The van der Waals surface area contributed by atoms with Gasteiger partial charge in [-0.25, -0.2) is 5.84 Å². The Kier molecular flexibility index (Phi) is 3.79.